The van der Waals surface area contributed by atoms with Crippen LogP contribution < -0.4 is 0 Å². The zero-order valence-corrected chi connectivity index (χ0v) is 10.4. The number of aromatic nitrogens is 1. The van der Waals surface area contributed by atoms with Gasteiger partial charge in [0.15, 0.2) is 0 Å². The number of aliphatic hydroxyl groups excluding tert-OH is 1. The molecule has 1 aromatic heterocycles. The second-order valence-corrected chi connectivity index (χ2v) is 4.52. The Kier molecular flexibility index (Phi) is 3.25. The Labute approximate surface area is 102 Å². The first kappa shape index (κ1) is 11.8. The van der Waals surface area contributed by atoms with Crippen molar-refractivity contribution in [3.05, 3.63) is 64.5 Å². The van der Waals surface area contributed by atoms with Crippen LogP contribution in [0.15, 0.2) is 36.5 Å². The van der Waals surface area contributed by atoms with Crippen LogP contribution in [0.2, 0.25) is 0 Å². The highest BCUT2D eigenvalue weighted by atomic mass is 16.3. The van der Waals surface area contributed by atoms with Crippen molar-refractivity contribution in [2.45, 2.75) is 26.9 Å². The van der Waals surface area contributed by atoms with E-state index < -0.39 is 6.10 Å². The highest BCUT2D eigenvalue weighted by Crippen LogP contribution is 2.24. The maximum absolute atomic E-state index is 10.3. The third kappa shape index (κ3) is 2.53. The average Bonchev–Trinajstić information content (AvgIpc) is 2.29. The molecule has 0 spiro atoms. The summed E-state index contributed by atoms with van der Waals surface area (Å²) in [5, 5.41) is 10.3. The first-order chi connectivity index (χ1) is 8.08. The molecular weight excluding hydrogens is 210 g/mol. The maximum Gasteiger partial charge on any atom is 0.121 e. The van der Waals surface area contributed by atoms with Crippen LogP contribution in [0.25, 0.3) is 0 Å². The van der Waals surface area contributed by atoms with Crippen molar-refractivity contribution in [3.63, 3.8) is 0 Å². The van der Waals surface area contributed by atoms with E-state index in [0.717, 1.165) is 16.7 Å². The summed E-state index contributed by atoms with van der Waals surface area (Å²) in [6.07, 6.45) is 1.14. The lowest BCUT2D eigenvalue weighted by atomic mass is 9.99. The summed E-state index contributed by atoms with van der Waals surface area (Å²) in [6.45, 7) is 6.05. The van der Waals surface area contributed by atoms with Crippen LogP contribution in [-0.4, -0.2) is 10.1 Å². The quantitative estimate of drug-likeness (QED) is 0.855. The van der Waals surface area contributed by atoms with Crippen molar-refractivity contribution in [2.75, 3.05) is 0 Å². The van der Waals surface area contributed by atoms with Gasteiger partial charge < -0.3 is 5.11 Å². The van der Waals surface area contributed by atoms with Crippen molar-refractivity contribution in [1.29, 1.82) is 0 Å². The van der Waals surface area contributed by atoms with Crippen molar-refractivity contribution < 1.29 is 5.11 Å². The zero-order chi connectivity index (χ0) is 12.4. The van der Waals surface area contributed by atoms with E-state index in [4.69, 9.17) is 0 Å². The van der Waals surface area contributed by atoms with E-state index >= 15 is 0 Å². The zero-order valence-electron chi connectivity index (χ0n) is 10.4. The predicted octanol–water partition coefficient (Wildman–Crippen LogP) is 3.09. The Bertz CT molecular complexity index is 517. The fraction of sp³-hybridized carbons (Fsp3) is 0.267. The molecule has 88 valence electrons. The van der Waals surface area contributed by atoms with Crippen LogP contribution in [0.1, 0.15) is 34.1 Å². The Balaban J connectivity index is 2.36. The molecule has 2 nitrogen and oxygen atoms in total. The number of hydrogen-bond donors (Lipinski definition) is 1. The highest BCUT2D eigenvalue weighted by Gasteiger charge is 2.13. The largest absolute Gasteiger partial charge is 0.382 e. The van der Waals surface area contributed by atoms with Gasteiger partial charge in [-0.3, -0.25) is 4.98 Å². The predicted molar refractivity (Wildman–Crippen MR) is 69.0 cm³/mol. The summed E-state index contributed by atoms with van der Waals surface area (Å²) in [7, 11) is 0. The number of benzene rings is 1. The summed E-state index contributed by atoms with van der Waals surface area (Å²) in [4.78, 5) is 4.27. The Hall–Kier alpha value is -1.67. The molecule has 1 unspecified atom stereocenters. The third-order valence-electron chi connectivity index (χ3n) is 2.93. The number of aliphatic hydroxyl groups is 1. The lowest BCUT2D eigenvalue weighted by molar-refractivity contribution is 0.214. The lowest BCUT2D eigenvalue weighted by Gasteiger charge is -2.14. The van der Waals surface area contributed by atoms with Gasteiger partial charge in [-0.15, -0.1) is 0 Å². The maximum atomic E-state index is 10.3. The number of rotatable bonds is 2. The Morgan fingerprint density at radius 3 is 2.29 bits per heavy atom. The third-order valence-corrected chi connectivity index (χ3v) is 2.93. The molecule has 0 fully saturated rings. The molecule has 0 amide bonds. The van der Waals surface area contributed by atoms with Gasteiger partial charge in [-0.2, -0.15) is 0 Å². The molecule has 1 aromatic carbocycles. The molecule has 0 saturated heterocycles. The van der Waals surface area contributed by atoms with Crippen molar-refractivity contribution in [1.82, 2.24) is 4.98 Å². The van der Waals surface area contributed by atoms with Gasteiger partial charge in [-0.25, -0.2) is 0 Å². The van der Waals surface area contributed by atoms with Gasteiger partial charge in [0.2, 0.25) is 0 Å². The van der Waals surface area contributed by atoms with E-state index in [-0.39, 0.29) is 0 Å². The van der Waals surface area contributed by atoms with Gasteiger partial charge in [0.25, 0.3) is 0 Å². The molecule has 0 radical (unpaired) electrons. The van der Waals surface area contributed by atoms with E-state index in [1.807, 2.05) is 45.0 Å². The van der Waals surface area contributed by atoms with Gasteiger partial charge in [0, 0.05) is 6.20 Å². The summed E-state index contributed by atoms with van der Waals surface area (Å²) >= 11 is 0. The molecule has 1 atom stereocenters. The standard InChI is InChI=1S/C15H17NO/c1-10-4-6-13(12(3)8-10)15(17)14-7-5-11(2)9-16-14/h4-9,15,17H,1-3H3. The summed E-state index contributed by atoms with van der Waals surface area (Å²) in [5.74, 6) is 0. The first-order valence-corrected chi connectivity index (χ1v) is 5.75. The summed E-state index contributed by atoms with van der Waals surface area (Å²) in [5.41, 5.74) is 5.02. The molecule has 0 aliphatic heterocycles. The molecule has 0 aliphatic rings. The van der Waals surface area contributed by atoms with Crippen LogP contribution in [0.3, 0.4) is 0 Å². The van der Waals surface area contributed by atoms with Crippen molar-refractivity contribution in [3.8, 4) is 0 Å². The van der Waals surface area contributed by atoms with E-state index in [2.05, 4.69) is 11.1 Å². The lowest BCUT2D eigenvalue weighted by Crippen LogP contribution is -2.04. The van der Waals surface area contributed by atoms with E-state index in [0.29, 0.717) is 5.69 Å². The molecule has 1 N–H and O–H groups in total. The van der Waals surface area contributed by atoms with Crippen LogP contribution in [-0.2, 0) is 0 Å². The molecule has 2 rings (SSSR count). The SMILES string of the molecule is Cc1ccc(C(O)c2ccc(C)cc2C)nc1. The summed E-state index contributed by atoms with van der Waals surface area (Å²) in [6, 6.07) is 9.90. The Morgan fingerprint density at radius 2 is 1.71 bits per heavy atom. The number of pyridine rings is 1. The number of hydrogen-bond acceptors (Lipinski definition) is 2. The van der Waals surface area contributed by atoms with E-state index in [1.54, 1.807) is 6.20 Å². The van der Waals surface area contributed by atoms with E-state index in [9.17, 15) is 5.11 Å². The molecule has 17 heavy (non-hydrogen) atoms. The topological polar surface area (TPSA) is 33.1 Å². The Morgan fingerprint density at radius 1 is 1.00 bits per heavy atom. The van der Waals surface area contributed by atoms with Crippen molar-refractivity contribution >= 4 is 0 Å². The smallest absolute Gasteiger partial charge is 0.121 e. The van der Waals surface area contributed by atoms with Crippen LogP contribution in [0, 0.1) is 20.8 Å². The minimum Gasteiger partial charge on any atom is -0.382 e. The van der Waals surface area contributed by atoms with Gasteiger partial charge in [0.05, 0.1) is 5.69 Å². The second-order valence-electron chi connectivity index (χ2n) is 4.52. The minimum atomic E-state index is -0.642. The van der Waals surface area contributed by atoms with Crippen molar-refractivity contribution in [2.24, 2.45) is 0 Å². The van der Waals surface area contributed by atoms with Crippen LogP contribution in [0.5, 0.6) is 0 Å². The molecule has 1 heterocycles. The molecule has 0 bridgehead atoms. The molecule has 2 heteroatoms. The van der Waals surface area contributed by atoms with Crippen LogP contribution in [0.4, 0.5) is 0 Å². The van der Waals surface area contributed by atoms with Gasteiger partial charge >= 0.3 is 0 Å². The first-order valence-electron chi connectivity index (χ1n) is 5.75. The van der Waals surface area contributed by atoms with E-state index in [1.165, 1.54) is 5.56 Å². The number of aryl methyl sites for hydroxylation is 3. The molecule has 0 saturated carbocycles. The highest BCUT2D eigenvalue weighted by molar-refractivity contribution is 5.35. The summed E-state index contributed by atoms with van der Waals surface area (Å²) < 4.78 is 0. The fourth-order valence-corrected chi connectivity index (χ4v) is 1.93. The number of nitrogens with zero attached hydrogens (tertiary/aromatic N) is 1. The molecule has 0 aliphatic carbocycles. The monoisotopic (exact) mass is 227 g/mol. The normalized spacial score (nSPS) is 12.5. The molecular formula is C15H17NO. The minimum absolute atomic E-state index is 0.642. The van der Waals surface area contributed by atoms with Crippen LogP contribution >= 0.6 is 0 Å². The van der Waals surface area contributed by atoms with Gasteiger partial charge in [-0.1, -0.05) is 29.8 Å². The second kappa shape index (κ2) is 4.68. The molecule has 2 aromatic rings. The average molecular weight is 227 g/mol. The van der Waals surface area contributed by atoms with Gasteiger partial charge in [0.1, 0.15) is 6.10 Å². The van der Waals surface area contributed by atoms with Gasteiger partial charge in [-0.05, 0) is 43.5 Å². The fourth-order valence-electron chi connectivity index (χ4n) is 1.93.